The first-order valence-corrected chi connectivity index (χ1v) is 6.91. The summed E-state index contributed by atoms with van der Waals surface area (Å²) < 4.78 is 13.4. The van der Waals surface area contributed by atoms with E-state index < -0.39 is 0 Å². The second-order valence-electron chi connectivity index (χ2n) is 5.18. The van der Waals surface area contributed by atoms with Crippen LogP contribution in [0.25, 0.3) is 0 Å². The van der Waals surface area contributed by atoms with Gasteiger partial charge in [0.1, 0.15) is 5.82 Å². The van der Waals surface area contributed by atoms with Gasteiger partial charge in [0, 0.05) is 18.2 Å². The molecule has 1 fully saturated rings. The number of rotatable bonds is 4. The van der Waals surface area contributed by atoms with E-state index in [2.05, 4.69) is 17.1 Å². The molecule has 1 aliphatic rings. The summed E-state index contributed by atoms with van der Waals surface area (Å²) in [4.78, 5) is 14.1. The van der Waals surface area contributed by atoms with Crippen molar-refractivity contribution in [3.05, 3.63) is 35.6 Å². The van der Waals surface area contributed by atoms with Gasteiger partial charge in [-0.15, -0.1) is 0 Å². The molecule has 0 aliphatic carbocycles. The highest BCUT2D eigenvalue weighted by molar-refractivity contribution is 5.78. The number of carbonyl (C=O) groups excluding carboxylic acids is 1. The minimum Gasteiger partial charge on any atom is -0.351 e. The molecular weight excluding hydrogens is 243 g/mol. The minimum absolute atomic E-state index is 0.0306. The number of halogens is 1. The molecule has 1 aromatic rings. The highest BCUT2D eigenvalue weighted by Crippen LogP contribution is 2.15. The Balaban J connectivity index is 1.80. The van der Waals surface area contributed by atoms with Crippen molar-refractivity contribution < 1.29 is 9.18 Å². The van der Waals surface area contributed by atoms with E-state index in [1.807, 2.05) is 0 Å². The molecule has 1 N–H and O–H groups in total. The van der Waals surface area contributed by atoms with Crippen LogP contribution in [0.15, 0.2) is 24.3 Å². The maximum absolute atomic E-state index is 13.4. The largest absolute Gasteiger partial charge is 0.351 e. The normalized spacial score (nSPS) is 20.2. The Kier molecular flexibility index (Phi) is 4.91. The Morgan fingerprint density at radius 1 is 1.42 bits per heavy atom. The zero-order valence-corrected chi connectivity index (χ0v) is 11.4. The zero-order valence-electron chi connectivity index (χ0n) is 11.4. The summed E-state index contributed by atoms with van der Waals surface area (Å²) in [7, 11) is 0. The maximum atomic E-state index is 13.4. The number of nitrogens with one attached hydrogen (secondary N) is 1. The number of hydrogen-bond donors (Lipinski definition) is 1. The Morgan fingerprint density at radius 3 is 2.95 bits per heavy atom. The van der Waals surface area contributed by atoms with Crippen molar-refractivity contribution in [1.29, 1.82) is 0 Å². The van der Waals surface area contributed by atoms with E-state index in [1.54, 1.807) is 18.2 Å². The van der Waals surface area contributed by atoms with Crippen LogP contribution < -0.4 is 5.32 Å². The topological polar surface area (TPSA) is 32.3 Å². The Morgan fingerprint density at radius 2 is 2.21 bits per heavy atom. The molecule has 1 atom stereocenters. The van der Waals surface area contributed by atoms with Crippen molar-refractivity contribution in [3.63, 3.8) is 0 Å². The number of hydrogen-bond acceptors (Lipinski definition) is 2. The lowest BCUT2D eigenvalue weighted by atomic mass is 10.0. The standard InChI is InChI=1S/C15H21FN2O/c1-12-6-4-5-9-18(12)11-15(19)17-10-13-7-2-3-8-14(13)16/h2-3,7-8,12H,4-6,9-11H2,1H3,(H,17,19). The van der Waals surface area contributed by atoms with Crippen molar-refractivity contribution in [3.8, 4) is 0 Å². The van der Waals surface area contributed by atoms with E-state index in [0.29, 0.717) is 18.2 Å². The molecule has 0 bridgehead atoms. The van der Waals surface area contributed by atoms with Gasteiger partial charge in [0.2, 0.25) is 5.91 Å². The van der Waals surface area contributed by atoms with Crippen LogP contribution in [0.1, 0.15) is 31.7 Å². The highest BCUT2D eigenvalue weighted by Gasteiger charge is 2.20. The zero-order chi connectivity index (χ0) is 13.7. The fraction of sp³-hybridized carbons (Fsp3) is 0.533. The average molecular weight is 264 g/mol. The van der Waals surface area contributed by atoms with E-state index >= 15 is 0 Å². The van der Waals surface area contributed by atoms with Crippen LogP contribution in [0.3, 0.4) is 0 Å². The maximum Gasteiger partial charge on any atom is 0.234 e. The number of amides is 1. The fourth-order valence-electron chi connectivity index (χ4n) is 2.47. The summed E-state index contributed by atoms with van der Waals surface area (Å²) in [6.07, 6.45) is 3.56. The van der Waals surface area contributed by atoms with Crippen molar-refractivity contribution in [2.75, 3.05) is 13.1 Å². The van der Waals surface area contributed by atoms with Gasteiger partial charge in [-0.05, 0) is 32.4 Å². The number of carbonyl (C=O) groups is 1. The van der Waals surface area contributed by atoms with E-state index in [4.69, 9.17) is 0 Å². The summed E-state index contributed by atoms with van der Waals surface area (Å²) in [5.74, 6) is -0.300. The van der Waals surface area contributed by atoms with E-state index in [-0.39, 0.29) is 18.3 Å². The van der Waals surface area contributed by atoms with Crippen molar-refractivity contribution in [2.24, 2.45) is 0 Å². The summed E-state index contributed by atoms with van der Waals surface area (Å²) in [5, 5.41) is 2.79. The number of piperidine rings is 1. The predicted octanol–water partition coefficient (Wildman–Crippen LogP) is 2.32. The summed E-state index contributed by atoms with van der Waals surface area (Å²) in [5.41, 5.74) is 0.530. The van der Waals surface area contributed by atoms with E-state index in [9.17, 15) is 9.18 Å². The highest BCUT2D eigenvalue weighted by atomic mass is 19.1. The van der Waals surface area contributed by atoms with Gasteiger partial charge in [-0.25, -0.2) is 4.39 Å². The van der Waals surface area contributed by atoms with Gasteiger partial charge in [-0.1, -0.05) is 24.6 Å². The molecule has 2 rings (SSSR count). The molecule has 1 aliphatic heterocycles. The van der Waals surface area contributed by atoms with Gasteiger partial charge in [0.25, 0.3) is 0 Å². The van der Waals surface area contributed by atoms with Crippen LogP contribution >= 0.6 is 0 Å². The molecule has 0 spiro atoms. The minimum atomic E-state index is -0.269. The number of likely N-dealkylation sites (tertiary alicyclic amines) is 1. The lowest BCUT2D eigenvalue weighted by molar-refractivity contribution is -0.123. The molecule has 1 amide bonds. The average Bonchev–Trinajstić information content (AvgIpc) is 2.40. The molecule has 1 heterocycles. The Labute approximate surface area is 113 Å². The molecule has 0 radical (unpaired) electrons. The molecule has 0 aromatic heterocycles. The summed E-state index contributed by atoms with van der Waals surface area (Å²) in [6, 6.07) is 6.99. The lowest BCUT2D eigenvalue weighted by Gasteiger charge is -2.32. The molecule has 104 valence electrons. The lowest BCUT2D eigenvalue weighted by Crippen LogP contribution is -2.44. The van der Waals surface area contributed by atoms with Crippen molar-refractivity contribution in [2.45, 2.75) is 38.8 Å². The summed E-state index contributed by atoms with van der Waals surface area (Å²) >= 11 is 0. The third-order valence-electron chi connectivity index (χ3n) is 3.72. The molecular formula is C15H21FN2O. The molecule has 1 aromatic carbocycles. The first kappa shape index (κ1) is 14.0. The molecule has 1 saturated heterocycles. The van der Waals surface area contributed by atoms with Gasteiger partial charge in [0.05, 0.1) is 6.54 Å². The second kappa shape index (κ2) is 6.66. The van der Waals surface area contributed by atoms with Crippen LogP contribution in [0.2, 0.25) is 0 Å². The van der Waals surface area contributed by atoms with Gasteiger partial charge in [0.15, 0.2) is 0 Å². The third kappa shape index (κ3) is 4.03. The van der Waals surface area contributed by atoms with Gasteiger partial charge < -0.3 is 5.32 Å². The van der Waals surface area contributed by atoms with Crippen LogP contribution in [-0.2, 0) is 11.3 Å². The number of benzene rings is 1. The Hall–Kier alpha value is -1.42. The van der Waals surface area contributed by atoms with Crippen LogP contribution in [-0.4, -0.2) is 29.9 Å². The molecule has 4 heteroatoms. The van der Waals surface area contributed by atoms with Crippen LogP contribution in [0.4, 0.5) is 4.39 Å². The SMILES string of the molecule is CC1CCCCN1CC(=O)NCc1ccccc1F. The smallest absolute Gasteiger partial charge is 0.234 e. The fourth-order valence-corrected chi connectivity index (χ4v) is 2.47. The van der Waals surface area contributed by atoms with Crippen molar-refractivity contribution in [1.82, 2.24) is 10.2 Å². The quantitative estimate of drug-likeness (QED) is 0.905. The van der Waals surface area contributed by atoms with E-state index in [0.717, 1.165) is 19.4 Å². The first-order valence-electron chi connectivity index (χ1n) is 6.91. The third-order valence-corrected chi connectivity index (χ3v) is 3.72. The summed E-state index contributed by atoms with van der Waals surface area (Å²) in [6.45, 7) is 3.81. The molecule has 0 saturated carbocycles. The molecule has 3 nitrogen and oxygen atoms in total. The van der Waals surface area contributed by atoms with E-state index in [1.165, 1.54) is 12.5 Å². The number of nitrogens with zero attached hydrogens (tertiary/aromatic N) is 1. The molecule has 1 unspecified atom stereocenters. The van der Waals surface area contributed by atoms with Crippen LogP contribution in [0.5, 0.6) is 0 Å². The second-order valence-corrected chi connectivity index (χ2v) is 5.18. The first-order chi connectivity index (χ1) is 9.16. The monoisotopic (exact) mass is 264 g/mol. The molecule has 19 heavy (non-hydrogen) atoms. The van der Waals surface area contributed by atoms with Crippen LogP contribution in [0, 0.1) is 5.82 Å². The van der Waals surface area contributed by atoms with Gasteiger partial charge in [-0.3, -0.25) is 9.69 Å². The van der Waals surface area contributed by atoms with Crippen molar-refractivity contribution >= 4 is 5.91 Å². The Bertz CT molecular complexity index is 436. The predicted molar refractivity (Wildman–Crippen MR) is 73.1 cm³/mol. The van der Waals surface area contributed by atoms with Gasteiger partial charge in [-0.2, -0.15) is 0 Å². The van der Waals surface area contributed by atoms with Gasteiger partial charge >= 0.3 is 0 Å².